The molecular weight excluding hydrogens is 448 g/mol. The van der Waals surface area contributed by atoms with E-state index in [1.165, 1.54) is 18.1 Å². The number of carbonyl (C=O) groups excluding carboxylic acids is 1. The van der Waals surface area contributed by atoms with Crippen LogP contribution < -0.4 is 5.73 Å². The summed E-state index contributed by atoms with van der Waals surface area (Å²) in [7, 11) is 1.40. The zero-order chi connectivity index (χ0) is 24.6. The number of hydrogen-bond acceptors (Lipinski definition) is 4. The quantitative estimate of drug-likeness (QED) is 0.278. The van der Waals surface area contributed by atoms with Crippen LogP contribution in [0.5, 0.6) is 0 Å². The highest BCUT2D eigenvalue weighted by atomic mass is 16.5. The molecule has 2 heterocycles. The average molecular weight is 475 g/mol. The summed E-state index contributed by atoms with van der Waals surface area (Å²) in [6, 6.07) is 28.6. The number of methoxy groups -OCH3 is 1. The summed E-state index contributed by atoms with van der Waals surface area (Å²) in [5.74, 6) is -0.331. The van der Waals surface area contributed by atoms with E-state index in [9.17, 15) is 4.79 Å². The maximum absolute atomic E-state index is 12.0. The highest BCUT2D eigenvalue weighted by Crippen LogP contribution is 2.37. The van der Waals surface area contributed by atoms with Gasteiger partial charge in [-0.3, -0.25) is 0 Å². The van der Waals surface area contributed by atoms with Crippen LogP contribution in [0.25, 0.3) is 44.0 Å². The Morgan fingerprint density at radius 3 is 2.61 bits per heavy atom. The Morgan fingerprint density at radius 1 is 0.917 bits per heavy atom. The van der Waals surface area contributed by atoms with Crippen molar-refractivity contribution in [1.82, 2.24) is 4.57 Å². The summed E-state index contributed by atoms with van der Waals surface area (Å²) < 4.78 is 13.4. The monoisotopic (exact) mass is 474 g/mol. The fourth-order valence-electron chi connectivity index (χ4n) is 5.11. The van der Waals surface area contributed by atoms with Gasteiger partial charge in [-0.25, -0.2) is 4.79 Å². The summed E-state index contributed by atoms with van der Waals surface area (Å²) in [4.78, 5) is 12.0. The lowest BCUT2D eigenvalue weighted by Gasteiger charge is -2.08. The predicted octanol–water partition coefficient (Wildman–Crippen LogP) is 6.54. The van der Waals surface area contributed by atoms with Crippen LogP contribution in [-0.2, 0) is 17.7 Å². The Balaban J connectivity index is 1.45. The molecule has 0 unspecified atom stereocenters. The molecule has 0 amide bonds. The zero-order valence-corrected chi connectivity index (χ0v) is 20.0. The number of benzene rings is 4. The van der Waals surface area contributed by atoms with Crippen molar-refractivity contribution in [3.8, 4) is 11.1 Å². The van der Waals surface area contributed by atoms with Gasteiger partial charge in [0.25, 0.3) is 0 Å². The van der Waals surface area contributed by atoms with E-state index in [1.54, 1.807) is 6.07 Å². The zero-order valence-electron chi connectivity index (χ0n) is 20.0. The number of fused-ring (bicyclic) bond motifs is 4. The third-order valence-corrected chi connectivity index (χ3v) is 6.79. The molecule has 6 rings (SSSR count). The van der Waals surface area contributed by atoms with Crippen LogP contribution in [0.3, 0.4) is 0 Å². The van der Waals surface area contributed by atoms with Crippen molar-refractivity contribution in [3.63, 3.8) is 0 Å². The van der Waals surface area contributed by atoms with Gasteiger partial charge in [0.2, 0.25) is 0 Å². The molecule has 0 aliphatic carbocycles. The molecule has 178 valence electrons. The number of hydrogen-bond donors (Lipinski definition) is 1. The third kappa shape index (κ3) is 3.74. The van der Waals surface area contributed by atoms with Crippen LogP contribution in [-0.4, -0.2) is 24.2 Å². The molecule has 0 aliphatic heterocycles. The Hall–Kier alpha value is -4.35. The Labute approximate surface area is 208 Å². The first-order valence-corrected chi connectivity index (χ1v) is 12.1. The van der Waals surface area contributed by atoms with Gasteiger partial charge >= 0.3 is 5.97 Å². The summed E-state index contributed by atoms with van der Waals surface area (Å²) in [6.45, 7) is 1.21. The molecule has 0 bridgehead atoms. The third-order valence-electron chi connectivity index (χ3n) is 6.79. The molecule has 0 saturated carbocycles. The average Bonchev–Trinajstić information content (AvgIpc) is 3.46. The van der Waals surface area contributed by atoms with E-state index in [0.717, 1.165) is 50.6 Å². The lowest BCUT2D eigenvalue weighted by molar-refractivity contribution is 0.0600. The Morgan fingerprint density at radius 2 is 1.75 bits per heavy atom. The summed E-state index contributed by atoms with van der Waals surface area (Å²) in [6.07, 6.45) is 2.96. The number of ether oxygens (including phenoxy) is 1. The molecule has 0 fully saturated rings. The minimum Gasteiger partial charge on any atom is -0.465 e. The standard InChI is InChI=1S/C31H26N2O3/c1-35-31(34)22-7-4-6-20(16-22)18-33-19-23(14-15-32)27-17-21(12-13-28(27)33)24-9-5-10-26-25-8-2-3-11-29(25)36-30(24)26/h2-13,16-17,19H,14-15,18,32H2,1H3. The normalized spacial score (nSPS) is 11.5. The molecule has 2 aromatic heterocycles. The Bertz CT molecular complexity index is 1740. The van der Waals surface area contributed by atoms with Crippen molar-refractivity contribution in [2.75, 3.05) is 13.7 Å². The van der Waals surface area contributed by atoms with Crippen molar-refractivity contribution in [1.29, 1.82) is 0 Å². The molecule has 5 nitrogen and oxygen atoms in total. The number of nitrogens with two attached hydrogens (primary N) is 1. The largest absolute Gasteiger partial charge is 0.465 e. The minimum absolute atomic E-state index is 0.331. The number of furan rings is 1. The predicted molar refractivity (Wildman–Crippen MR) is 144 cm³/mol. The smallest absolute Gasteiger partial charge is 0.337 e. The number of esters is 1. The lowest BCUT2D eigenvalue weighted by atomic mass is 9.99. The Kier molecular flexibility index (Phi) is 5.55. The second kappa shape index (κ2) is 9.02. The fourth-order valence-corrected chi connectivity index (χ4v) is 5.11. The van der Waals surface area contributed by atoms with Gasteiger partial charge in [-0.05, 0) is 60.0 Å². The van der Waals surface area contributed by atoms with Gasteiger partial charge < -0.3 is 19.5 Å². The lowest BCUT2D eigenvalue weighted by Crippen LogP contribution is -2.04. The number of carbonyl (C=O) groups is 1. The van der Waals surface area contributed by atoms with Crippen molar-refractivity contribution in [3.05, 3.63) is 108 Å². The van der Waals surface area contributed by atoms with E-state index >= 15 is 0 Å². The second-order valence-electron chi connectivity index (χ2n) is 9.03. The summed E-state index contributed by atoms with van der Waals surface area (Å²) in [5.41, 5.74) is 13.9. The number of aromatic nitrogens is 1. The van der Waals surface area contributed by atoms with Crippen LogP contribution in [0.2, 0.25) is 0 Å². The van der Waals surface area contributed by atoms with E-state index in [1.807, 2.05) is 36.4 Å². The van der Waals surface area contributed by atoms with Crippen LogP contribution in [0.4, 0.5) is 0 Å². The van der Waals surface area contributed by atoms with Crippen LogP contribution in [0.15, 0.2) is 95.5 Å². The molecule has 0 spiro atoms. The molecule has 0 radical (unpaired) electrons. The maximum Gasteiger partial charge on any atom is 0.337 e. The van der Waals surface area contributed by atoms with Crippen molar-refractivity contribution >= 4 is 38.8 Å². The van der Waals surface area contributed by atoms with Gasteiger partial charge in [0.1, 0.15) is 11.2 Å². The molecule has 0 aliphatic rings. The number of nitrogens with zero attached hydrogens (tertiary/aromatic N) is 1. The first-order valence-electron chi connectivity index (χ1n) is 12.1. The topological polar surface area (TPSA) is 70.4 Å². The van der Waals surface area contributed by atoms with E-state index in [4.69, 9.17) is 14.9 Å². The van der Waals surface area contributed by atoms with E-state index < -0.39 is 0 Å². The minimum atomic E-state index is -0.331. The first kappa shape index (κ1) is 22.1. The van der Waals surface area contributed by atoms with Gasteiger partial charge in [0.05, 0.1) is 12.7 Å². The summed E-state index contributed by atoms with van der Waals surface area (Å²) in [5, 5.41) is 3.42. The van der Waals surface area contributed by atoms with Crippen LogP contribution in [0, 0.1) is 0 Å². The van der Waals surface area contributed by atoms with E-state index in [2.05, 4.69) is 53.2 Å². The maximum atomic E-state index is 12.0. The van der Waals surface area contributed by atoms with Gasteiger partial charge in [0.15, 0.2) is 0 Å². The highest BCUT2D eigenvalue weighted by Gasteiger charge is 2.15. The molecule has 0 atom stereocenters. The van der Waals surface area contributed by atoms with Gasteiger partial charge in [-0.15, -0.1) is 0 Å². The van der Waals surface area contributed by atoms with Crippen molar-refractivity contribution in [2.45, 2.75) is 13.0 Å². The second-order valence-corrected chi connectivity index (χ2v) is 9.03. The van der Waals surface area contributed by atoms with E-state index in [-0.39, 0.29) is 5.97 Å². The molecule has 4 aromatic carbocycles. The SMILES string of the molecule is COC(=O)c1cccc(Cn2cc(CCN)c3cc(-c4cccc5c4oc4ccccc45)ccc32)c1. The summed E-state index contributed by atoms with van der Waals surface area (Å²) >= 11 is 0. The van der Waals surface area contributed by atoms with Gasteiger partial charge in [-0.2, -0.15) is 0 Å². The molecule has 36 heavy (non-hydrogen) atoms. The van der Waals surface area contributed by atoms with Crippen LogP contribution >= 0.6 is 0 Å². The molecular formula is C31H26N2O3. The van der Waals surface area contributed by atoms with Crippen molar-refractivity contribution < 1.29 is 13.9 Å². The fraction of sp³-hybridized carbons (Fsp3) is 0.129. The molecule has 6 aromatic rings. The first-order chi connectivity index (χ1) is 17.7. The number of rotatable bonds is 6. The van der Waals surface area contributed by atoms with Gasteiger partial charge in [0, 0.05) is 40.0 Å². The van der Waals surface area contributed by atoms with E-state index in [0.29, 0.717) is 18.7 Å². The van der Waals surface area contributed by atoms with Crippen LogP contribution in [0.1, 0.15) is 21.5 Å². The number of para-hydroxylation sites is 2. The molecule has 2 N–H and O–H groups in total. The van der Waals surface area contributed by atoms with Gasteiger partial charge in [-0.1, -0.05) is 54.6 Å². The highest BCUT2D eigenvalue weighted by molar-refractivity contribution is 6.10. The molecule has 0 saturated heterocycles. The van der Waals surface area contributed by atoms with Crippen molar-refractivity contribution in [2.24, 2.45) is 5.73 Å². The molecule has 5 heteroatoms.